The molecule has 1 N–H and O–H groups in total. The van der Waals surface area contributed by atoms with Gasteiger partial charge in [0, 0.05) is 19.2 Å². The van der Waals surface area contributed by atoms with Gasteiger partial charge in [0.05, 0.1) is 6.54 Å². The zero-order valence-electron chi connectivity index (χ0n) is 14.1. The van der Waals surface area contributed by atoms with E-state index in [0.29, 0.717) is 5.92 Å². The number of nitrogens with one attached hydrogen (secondary N) is 1. The number of carbonyl (C=O) groups excluding carboxylic acids is 2. The SMILES string of the molecule is CC(C)NC(=O)CN(C)C(=O)/C=C/c1ccc(C(C)C)cc1. The molecule has 4 heteroatoms. The Morgan fingerprint density at radius 2 is 1.73 bits per heavy atom. The Hall–Kier alpha value is -2.10. The molecule has 1 aromatic rings. The van der Waals surface area contributed by atoms with Crippen LogP contribution in [0, 0.1) is 0 Å². The minimum atomic E-state index is -0.188. The Kier molecular flexibility index (Phi) is 6.83. The van der Waals surface area contributed by atoms with Crippen LogP contribution in [0.25, 0.3) is 6.08 Å². The first-order valence-electron chi connectivity index (χ1n) is 7.62. The molecular formula is C18H26N2O2. The second-order valence-electron chi connectivity index (χ2n) is 6.07. The Morgan fingerprint density at radius 1 is 1.14 bits per heavy atom. The van der Waals surface area contributed by atoms with Crippen molar-refractivity contribution in [3.8, 4) is 0 Å². The van der Waals surface area contributed by atoms with E-state index in [4.69, 9.17) is 0 Å². The molecule has 0 aliphatic heterocycles. The van der Waals surface area contributed by atoms with Gasteiger partial charge in [0.25, 0.3) is 0 Å². The fraction of sp³-hybridized carbons (Fsp3) is 0.444. The average Bonchev–Trinajstić information content (AvgIpc) is 2.44. The van der Waals surface area contributed by atoms with E-state index in [1.54, 1.807) is 13.1 Å². The molecule has 1 rings (SSSR count). The molecule has 0 unspecified atom stereocenters. The van der Waals surface area contributed by atoms with E-state index < -0.39 is 0 Å². The largest absolute Gasteiger partial charge is 0.352 e. The van der Waals surface area contributed by atoms with Crippen molar-refractivity contribution in [2.45, 2.75) is 39.7 Å². The van der Waals surface area contributed by atoms with Gasteiger partial charge in [-0.25, -0.2) is 0 Å². The molecule has 2 amide bonds. The van der Waals surface area contributed by atoms with Crippen LogP contribution in [-0.4, -0.2) is 36.3 Å². The van der Waals surface area contributed by atoms with Gasteiger partial charge in [-0.1, -0.05) is 38.1 Å². The fourth-order valence-corrected chi connectivity index (χ4v) is 1.95. The van der Waals surface area contributed by atoms with Crippen LogP contribution in [-0.2, 0) is 9.59 Å². The van der Waals surface area contributed by atoms with Crippen LogP contribution in [0.1, 0.15) is 44.7 Å². The lowest BCUT2D eigenvalue weighted by atomic mass is 10.0. The monoisotopic (exact) mass is 302 g/mol. The smallest absolute Gasteiger partial charge is 0.246 e. The van der Waals surface area contributed by atoms with Crippen molar-refractivity contribution in [3.05, 3.63) is 41.5 Å². The standard InChI is InChI=1S/C18H26N2O2/c1-13(2)16-9-6-15(7-10-16)8-11-18(22)20(5)12-17(21)19-14(3)4/h6-11,13-14H,12H2,1-5H3,(H,19,21)/b11-8+. The predicted molar refractivity (Wildman–Crippen MR) is 90.5 cm³/mol. The molecule has 0 atom stereocenters. The van der Waals surface area contributed by atoms with E-state index in [0.717, 1.165) is 5.56 Å². The number of hydrogen-bond donors (Lipinski definition) is 1. The van der Waals surface area contributed by atoms with E-state index in [1.807, 2.05) is 26.0 Å². The van der Waals surface area contributed by atoms with Crippen LogP contribution in [0.15, 0.2) is 30.3 Å². The quantitative estimate of drug-likeness (QED) is 0.822. The lowest BCUT2D eigenvalue weighted by Crippen LogP contribution is -2.40. The van der Waals surface area contributed by atoms with Crippen molar-refractivity contribution in [1.29, 1.82) is 0 Å². The Balaban J connectivity index is 2.57. The number of hydrogen-bond acceptors (Lipinski definition) is 2. The van der Waals surface area contributed by atoms with Crippen LogP contribution >= 0.6 is 0 Å². The highest BCUT2D eigenvalue weighted by Gasteiger charge is 2.10. The molecule has 0 aliphatic carbocycles. The number of rotatable bonds is 6. The normalized spacial score (nSPS) is 11.2. The third kappa shape index (κ3) is 6.12. The average molecular weight is 302 g/mol. The molecule has 0 radical (unpaired) electrons. The highest BCUT2D eigenvalue weighted by atomic mass is 16.2. The van der Waals surface area contributed by atoms with Gasteiger partial charge in [0.2, 0.25) is 11.8 Å². The summed E-state index contributed by atoms with van der Waals surface area (Å²) >= 11 is 0. The van der Waals surface area contributed by atoms with E-state index in [9.17, 15) is 9.59 Å². The van der Waals surface area contributed by atoms with Crippen LogP contribution in [0.5, 0.6) is 0 Å². The molecule has 0 heterocycles. The van der Waals surface area contributed by atoms with E-state index in [-0.39, 0.29) is 24.4 Å². The lowest BCUT2D eigenvalue weighted by Gasteiger charge is -2.16. The first-order chi connectivity index (χ1) is 10.3. The molecule has 0 saturated heterocycles. The van der Waals surface area contributed by atoms with Gasteiger partial charge in [-0.2, -0.15) is 0 Å². The summed E-state index contributed by atoms with van der Waals surface area (Å²) in [6.07, 6.45) is 3.26. The van der Waals surface area contributed by atoms with E-state index in [2.05, 4.69) is 31.3 Å². The number of carbonyl (C=O) groups is 2. The van der Waals surface area contributed by atoms with Crippen LogP contribution < -0.4 is 5.32 Å². The summed E-state index contributed by atoms with van der Waals surface area (Å²) in [6, 6.07) is 8.18. The maximum absolute atomic E-state index is 12.0. The fourth-order valence-electron chi connectivity index (χ4n) is 1.95. The predicted octanol–water partition coefficient (Wildman–Crippen LogP) is 2.81. The third-order valence-electron chi connectivity index (χ3n) is 3.23. The minimum Gasteiger partial charge on any atom is -0.352 e. The molecule has 120 valence electrons. The minimum absolute atomic E-state index is 0.0631. The Labute approximate surface area is 133 Å². The van der Waals surface area contributed by atoms with Crippen molar-refractivity contribution in [3.63, 3.8) is 0 Å². The molecular weight excluding hydrogens is 276 g/mol. The zero-order valence-corrected chi connectivity index (χ0v) is 14.1. The van der Waals surface area contributed by atoms with Crippen molar-refractivity contribution in [2.24, 2.45) is 0 Å². The maximum atomic E-state index is 12.0. The van der Waals surface area contributed by atoms with Gasteiger partial charge in [0.1, 0.15) is 0 Å². The number of benzene rings is 1. The van der Waals surface area contributed by atoms with Gasteiger partial charge in [-0.05, 0) is 37.0 Å². The first kappa shape index (κ1) is 18.0. The van der Waals surface area contributed by atoms with Gasteiger partial charge in [0.15, 0.2) is 0 Å². The molecule has 0 saturated carbocycles. The summed E-state index contributed by atoms with van der Waals surface area (Å²) < 4.78 is 0. The van der Waals surface area contributed by atoms with Gasteiger partial charge in [-0.3, -0.25) is 9.59 Å². The summed E-state index contributed by atoms with van der Waals surface area (Å²) in [5.41, 5.74) is 2.24. The Bertz CT molecular complexity index is 531. The number of nitrogens with zero attached hydrogens (tertiary/aromatic N) is 1. The highest BCUT2D eigenvalue weighted by Crippen LogP contribution is 2.15. The molecule has 0 aromatic heterocycles. The molecule has 0 spiro atoms. The topological polar surface area (TPSA) is 49.4 Å². The van der Waals surface area contributed by atoms with Crippen molar-refractivity contribution in [1.82, 2.24) is 10.2 Å². The van der Waals surface area contributed by atoms with Crippen molar-refractivity contribution < 1.29 is 9.59 Å². The van der Waals surface area contributed by atoms with Crippen LogP contribution in [0.3, 0.4) is 0 Å². The molecule has 1 aromatic carbocycles. The van der Waals surface area contributed by atoms with E-state index in [1.165, 1.54) is 16.5 Å². The summed E-state index contributed by atoms with van der Waals surface area (Å²) in [6.45, 7) is 8.13. The highest BCUT2D eigenvalue weighted by molar-refractivity contribution is 5.94. The summed E-state index contributed by atoms with van der Waals surface area (Å²) in [5.74, 6) is 0.151. The molecule has 0 bridgehead atoms. The molecule has 22 heavy (non-hydrogen) atoms. The second-order valence-corrected chi connectivity index (χ2v) is 6.07. The van der Waals surface area contributed by atoms with Crippen LogP contribution in [0.2, 0.25) is 0 Å². The maximum Gasteiger partial charge on any atom is 0.246 e. The van der Waals surface area contributed by atoms with Gasteiger partial charge >= 0.3 is 0 Å². The zero-order chi connectivity index (χ0) is 16.7. The van der Waals surface area contributed by atoms with E-state index >= 15 is 0 Å². The Morgan fingerprint density at radius 3 is 2.23 bits per heavy atom. The van der Waals surface area contributed by atoms with Crippen molar-refractivity contribution >= 4 is 17.9 Å². The number of amides is 2. The number of likely N-dealkylation sites (N-methyl/N-ethyl adjacent to an activating group) is 1. The van der Waals surface area contributed by atoms with Gasteiger partial charge in [-0.15, -0.1) is 0 Å². The summed E-state index contributed by atoms with van der Waals surface area (Å²) in [5, 5.41) is 2.76. The molecule has 0 fully saturated rings. The molecule has 4 nitrogen and oxygen atoms in total. The third-order valence-corrected chi connectivity index (χ3v) is 3.23. The molecule has 0 aliphatic rings. The van der Waals surface area contributed by atoms with Crippen LogP contribution in [0.4, 0.5) is 0 Å². The summed E-state index contributed by atoms with van der Waals surface area (Å²) in [7, 11) is 1.62. The first-order valence-corrected chi connectivity index (χ1v) is 7.62. The lowest BCUT2D eigenvalue weighted by molar-refractivity contribution is -0.131. The summed E-state index contributed by atoms with van der Waals surface area (Å²) in [4.78, 5) is 25.0. The second kappa shape index (κ2) is 8.37. The van der Waals surface area contributed by atoms with Gasteiger partial charge < -0.3 is 10.2 Å². The van der Waals surface area contributed by atoms with Crippen molar-refractivity contribution in [2.75, 3.05) is 13.6 Å².